The van der Waals surface area contributed by atoms with Crippen LogP contribution in [-0.4, -0.2) is 134 Å². The van der Waals surface area contributed by atoms with Gasteiger partial charge in [-0.25, -0.2) is 0 Å². The number of fused-ring (bicyclic) bond motifs is 8. The van der Waals surface area contributed by atoms with Crippen LogP contribution in [-0.2, 0) is 53.1 Å². The van der Waals surface area contributed by atoms with E-state index in [0.29, 0.717) is 79.3 Å². The molecule has 0 radical (unpaired) electrons. The van der Waals surface area contributed by atoms with Crippen LogP contribution in [0.2, 0.25) is 0 Å². The first-order chi connectivity index (χ1) is 46.7. The van der Waals surface area contributed by atoms with Crippen molar-refractivity contribution in [2.24, 2.45) is 23.7 Å². The van der Waals surface area contributed by atoms with Crippen LogP contribution in [0.25, 0.3) is 0 Å². The Labute approximate surface area is 642 Å². The SMILES string of the molecule is CCO[Si](OCC)(OCC)[SH](SSSC12CCC(CC1)C2)C1=C([SH](SSSC23CCC(CC2)C3)[Si](OCC)(OCC)OCC)C([SH](SSSC23CCC(CC2)C3)[Si](OCC)(OCC)OCC)([SH](SSSC23CCC(CC2)C3)[Si](OCC)(OCC)OCC)CCCCCCCCC1. The second kappa shape index (κ2) is 41.8. The fraction of sp³-hybridized carbons (Fsp3) is 0.969. The van der Waals surface area contributed by atoms with Crippen LogP contribution in [0.3, 0.4) is 0 Å². The minimum absolute atomic E-state index is 0.234. The van der Waals surface area contributed by atoms with Crippen molar-refractivity contribution < 1.29 is 53.1 Å². The summed E-state index contributed by atoms with van der Waals surface area (Å²) in [6.07, 6.45) is 35.6. The van der Waals surface area contributed by atoms with E-state index in [1.807, 2.05) is 0 Å². The van der Waals surface area contributed by atoms with Gasteiger partial charge in [0.2, 0.25) is 0 Å². The van der Waals surface area contributed by atoms with E-state index in [1.165, 1.54) is 157 Å². The van der Waals surface area contributed by atoms with Crippen molar-refractivity contribution in [3.05, 3.63) is 9.81 Å². The molecule has 0 aromatic rings. The van der Waals surface area contributed by atoms with E-state index in [4.69, 9.17) is 53.1 Å². The number of hydrogen-bond acceptors (Lipinski definition) is 24. The van der Waals surface area contributed by atoms with Gasteiger partial charge in [-0.05, 0) is 338 Å². The van der Waals surface area contributed by atoms with Crippen molar-refractivity contribution in [1.29, 1.82) is 0 Å². The number of hydrogen-bond donors (Lipinski definition) is 4. The molecule has 8 bridgehead atoms. The Morgan fingerprint density at radius 3 is 0.833 bits per heavy atom. The number of thiol groups is 4. The van der Waals surface area contributed by atoms with Crippen LogP contribution in [0.15, 0.2) is 9.81 Å². The van der Waals surface area contributed by atoms with Gasteiger partial charge >= 0.3 is 31.8 Å². The third-order valence-corrected chi connectivity index (χ3v) is 101. The van der Waals surface area contributed by atoms with Crippen molar-refractivity contribution in [1.82, 2.24) is 0 Å². The van der Waals surface area contributed by atoms with Crippen LogP contribution >= 0.6 is 159 Å². The van der Waals surface area contributed by atoms with E-state index in [1.54, 1.807) is 0 Å². The summed E-state index contributed by atoms with van der Waals surface area (Å²) >= 11 is 0. The molecule has 4 unspecified atom stereocenters. The van der Waals surface area contributed by atoms with Gasteiger partial charge in [-0.15, -0.1) is 37.5 Å². The molecule has 0 heterocycles. The lowest BCUT2D eigenvalue weighted by atomic mass is 10.0. The molecule has 0 saturated heterocycles. The predicted molar refractivity (Wildman–Crippen MR) is 458 cm³/mol. The fourth-order valence-corrected chi connectivity index (χ4v) is 126. The molecule has 8 saturated carbocycles. The van der Waals surface area contributed by atoms with E-state index in [2.05, 4.69) is 205 Å². The van der Waals surface area contributed by atoms with Crippen molar-refractivity contribution in [3.63, 3.8) is 0 Å². The highest BCUT2D eigenvalue weighted by molar-refractivity contribution is 9.37. The molecule has 0 aromatic carbocycles. The summed E-state index contributed by atoms with van der Waals surface area (Å²) in [4.78, 5) is 2.93. The van der Waals surface area contributed by atoms with Crippen LogP contribution in [0.1, 0.15) is 269 Å². The van der Waals surface area contributed by atoms with Crippen molar-refractivity contribution in [2.75, 3.05) is 79.3 Å². The minimum Gasteiger partial charge on any atom is -0.366 e. The average molecular weight is 1710 g/mol. The van der Waals surface area contributed by atoms with Crippen molar-refractivity contribution in [3.8, 4) is 0 Å². The Kier molecular flexibility index (Phi) is 37.4. The Morgan fingerprint density at radius 1 is 0.302 bits per heavy atom. The number of allylic oxidation sites excluding steroid dienone is 1. The largest absolute Gasteiger partial charge is 0.567 e. The molecule has 32 heteroatoms. The van der Waals surface area contributed by atoms with Crippen LogP contribution in [0.4, 0.5) is 0 Å². The monoisotopic (exact) mass is 1710 g/mol. The Morgan fingerprint density at radius 2 is 0.552 bits per heavy atom. The smallest absolute Gasteiger partial charge is 0.366 e. The topological polar surface area (TPSA) is 111 Å². The van der Waals surface area contributed by atoms with E-state index >= 15 is 0 Å². The van der Waals surface area contributed by atoms with E-state index < -0.39 is 73.4 Å². The Balaban J connectivity index is 1.50. The van der Waals surface area contributed by atoms with E-state index in [0.717, 1.165) is 62.2 Å². The lowest BCUT2D eigenvalue weighted by molar-refractivity contribution is 0.0948. The van der Waals surface area contributed by atoms with Crippen LogP contribution in [0.5, 0.6) is 0 Å². The first kappa shape index (κ1) is 85.7. The second-order valence-electron chi connectivity index (χ2n) is 27.3. The zero-order chi connectivity index (χ0) is 68.2. The Hall–Kier alpha value is 5.73. The summed E-state index contributed by atoms with van der Waals surface area (Å²) in [6.45, 7) is 31.9. The van der Waals surface area contributed by atoms with Gasteiger partial charge in [0.25, 0.3) is 0 Å². The first-order valence-electron chi connectivity index (χ1n) is 37.4. The lowest BCUT2D eigenvalue weighted by Gasteiger charge is -2.59. The summed E-state index contributed by atoms with van der Waals surface area (Å²) in [5, 5.41) is 0. The van der Waals surface area contributed by atoms with Crippen molar-refractivity contribution in [2.45, 2.75) is 292 Å². The number of rotatable bonds is 48. The van der Waals surface area contributed by atoms with E-state index in [9.17, 15) is 0 Å². The molecule has 8 fully saturated rings. The molecule has 0 aromatic heterocycles. The van der Waals surface area contributed by atoms with Gasteiger partial charge in [0, 0.05) is 103 Å². The molecule has 12 nitrogen and oxygen atoms in total. The maximum Gasteiger partial charge on any atom is 0.567 e. The van der Waals surface area contributed by atoms with Gasteiger partial charge in [-0.3, -0.25) is 0 Å². The van der Waals surface area contributed by atoms with Gasteiger partial charge in [-0.1, -0.05) is 81.7 Å². The molecule has 9 rings (SSSR count). The van der Waals surface area contributed by atoms with Gasteiger partial charge < -0.3 is 53.1 Å². The molecule has 0 spiro atoms. The molecule has 4 atom stereocenters. The predicted octanol–water partition coefficient (Wildman–Crippen LogP) is 24.7. The third kappa shape index (κ3) is 20.7. The van der Waals surface area contributed by atoms with Crippen molar-refractivity contribution >= 4 is 191 Å². The van der Waals surface area contributed by atoms with E-state index in [-0.39, 0.29) is 19.0 Å². The van der Waals surface area contributed by atoms with Gasteiger partial charge in [0.1, 0.15) is 0 Å². The fourth-order valence-electron chi connectivity index (χ4n) is 17.0. The summed E-state index contributed by atoms with van der Waals surface area (Å²) in [5.74, 6) is 3.28. The first-order valence-corrected chi connectivity index (χ1v) is 69.4. The average Bonchev–Trinajstić information content (AvgIpc) is 1.00. The second-order valence-corrected chi connectivity index (χ2v) is 81.3. The molecule has 566 valence electrons. The zero-order valence-electron chi connectivity index (χ0n) is 60.4. The van der Waals surface area contributed by atoms with Crippen LogP contribution < -0.4 is 0 Å². The molecule has 0 aliphatic heterocycles. The van der Waals surface area contributed by atoms with Gasteiger partial charge in [-0.2, -0.15) is 0 Å². The van der Waals surface area contributed by atoms with Crippen LogP contribution in [0, 0.1) is 23.7 Å². The highest BCUT2D eigenvalue weighted by Crippen LogP contribution is 2.88. The third-order valence-electron chi connectivity index (χ3n) is 21.1. The molecule has 9 aliphatic carbocycles. The zero-order valence-corrected chi connectivity index (χ0v) is 77.8. The normalized spacial score (nSPS) is 32.4. The van der Waals surface area contributed by atoms with Gasteiger partial charge in [0.15, 0.2) is 0 Å². The minimum atomic E-state index is -3.95. The summed E-state index contributed by atoms with van der Waals surface area (Å²) in [6, 6.07) is 0. The quantitative estimate of drug-likeness (QED) is 0.0263. The summed E-state index contributed by atoms with van der Waals surface area (Å²) < 4.78 is 94.3. The standard InChI is InChI=1S/C64H126O12S16Si4/c1-13-65-93(66-14-2,67-15-3)89(85-81-77-60-42-33-54(50-60)34-43-60)58-32-30-28-26-25-27-29-31-41-64(91(95(71-19-7,72-20-8)73-21-9)87-83-79-62-46-37-56(52-62)38-47-62,92(96(74-22-10,75-23-11)76-24-12)88-84-80-63-48-39-57(53-63)40-49-63)59(58)90(94(68-16-4,69-17-5)70-18-6)86-82-78-61-44-35-55(51-61)36-45-61/h54-57,89-92H,13-53H2,1-12H3. The summed E-state index contributed by atoms with van der Waals surface area (Å²) in [5.41, 5.74) is 0. The highest BCUT2D eigenvalue weighted by Gasteiger charge is 2.72. The Bertz CT molecular complexity index is 2180. The maximum absolute atomic E-state index is 7.91. The highest BCUT2D eigenvalue weighted by atomic mass is 33.7. The molecule has 9 aliphatic rings. The molecule has 0 N–H and O–H groups in total. The lowest BCUT2D eigenvalue weighted by Crippen LogP contribution is -2.58. The molecule has 0 amide bonds. The molecular formula is C64H126O12S16Si4. The molecule has 96 heavy (non-hydrogen) atoms. The molecular weight excluding hydrogens is 1590 g/mol. The van der Waals surface area contributed by atoms with Gasteiger partial charge in [0.05, 0.1) is 4.08 Å². The summed E-state index contributed by atoms with van der Waals surface area (Å²) in [7, 11) is 3.50. The maximum atomic E-state index is 7.91.